The van der Waals surface area contributed by atoms with Gasteiger partial charge in [-0.15, -0.1) is 22.7 Å². The lowest BCUT2D eigenvalue weighted by atomic mass is 10.0. The van der Waals surface area contributed by atoms with Crippen LogP contribution in [0.3, 0.4) is 0 Å². The normalized spacial score (nSPS) is 21.5. The molecule has 9 heteroatoms. The molecule has 0 spiro atoms. The van der Waals surface area contributed by atoms with E-state index < -0.39 is 0 Å². The summed E-state index contributed by atoms with van der Waals surface area (Å²) >= 11 is 13.9. The molecule has 6 heterocycles. The van der Waals surface area contributed by atoms with E-state index in [1.165, 1.54) is 97.0 Å². The van der Waals surface area contributed by atoms with Gasteiger partial charge in [0.15, 0.2) is 0 Å². The molecule has 226 valence electrons. The predicted octanol–water partition coefficient (Wildman–Crippen LogP) is 9.40. The van der Waals surface area contributed by atoms with E-state index in [0.717, 1.165) is 50.1 Å². The zero-order valence-corrected chi connectivity index (χ0v) is 28.3. The minimum Gasteiger partial charge on any atom is -0.339 e. The van der Waals surface area contributed by atoms with Crippen LogP contribution in [0.2, 0.25) is 4.34 Å². The van der Waals surface area contributed by atoms with Crippen LogP contribution in [0, 0.1) is 0 Å². The molecule has 2 aromatic rings. The first-order valence-electron chi connectivity index (χ1n) is 15.7. The summed E-state index contributed by atoms with van der Waals surface area (Å²) in [5, 5.41) is 2.09. The molecule has 0 aromatic carbocycles. The van der Waals surface area contributed by atoms with Gasteiger partial charge in [-0.3, -0.25) is 9.59 Å². The van der Waals surface area contributed by atoms with Crippen LogP contribution in [-0.2, 0) is 0 Å². The highest BCUT2D eigenvalue weighted by Gasteiger charge is 2.26. The first-order valence-corrected chi connectivity index (χ1v) is 20.1. The van der Waals surface area contributed by atoms with Gasteiger partial charge in [-0.25, -0.2) is 0 Å². The Morgan fingerprint density at radius 3 is 1.68 bits per heavy atom. The monoisotopic (exact) mass is 652 g/mol. The molecule has 4 nitrogen and oxygen atoms in total. The summed E-state index contributed by atoms with van der Waals surface area (Å²) in [6.45, 7) is 3.68. The fraction of sp³-hybridized carbons (Fsp3) is 0.688. The van der Waals surface area contributed by atoms with Crippen molar-refractivity contribution in [3.63, 3.8) is 0 Å². The molecule has 0 saturated carbocycles. The number of nitrogens with zero attached hydrogens (tertiary/aromatic N) is 2. The fourth-order valence-corrected chi connectivity index (χ4v) is 11.0. The highest BCUT2D eigenvalue weighted by Crippen LogP contribution is 2.39. The smallest absolute Gasteiger partial charge is 0.256 e. The molecule has 4 aliphatic heterocycles. The minimum atomic E-state index is 0.148. The van der Waals surface area contributed by atoms with Crippen molar-refractivity contribution < 1.29 is 9.59 Å². The van der Waals surface area contributed by atoms with Crippen LogP contribution in [0.1, 0.15) is 119 Å². The molecule has 2 aromatic heterocycles. The lowest BCUT2D eigenvalue weighted by Crippen LogP contribution is -2.31. The van der Waals surface area contributed by atoms with Crippen LogP contribution >= 0.6 is 57.8 Å². The second-order valence-corrected chi connectivity index (χ2v) is 16.8. The minimum absolute atomic E-state index is 0.148. The molecule has 0 N–H and O–H groups in total. The second-order valence-electron chi connectivity index (χ2n) is 11.8. The first-order chi connectivity index (χ1) is 20.1. The van der Waals surface area contributed by atoms with Crippen molar-refractivity contribution in [2.75, 3.05) is 49.2 Å². The summed E-state index contributed by atoms with van der Waals surface area (Å²) in [7, 11) is 0. The van der Waals surface area contributed by atoms with Gasteiger partial charge >= 0.3 is 0 Å². The highest BCUT2D eigenvalue weighted by molar-refractivity contribution is 7.99. The molecular weight excluding hydrogens is 608 g/mol. The number of amides is 2. The van der Waals surface area contributed by atoms with Gasteiger partial charge in [0.1, 0.15) is 4.34 Å². The average molecular weight is 653 g/mol. The second kappa shape index (κ2) is 16.4. The van der Waals surface area contributed by atoms with Crippen LogP contribution in [0.4, 0.5) is 0 Å². The van der Waals surface area contributed by atoms with Crippen molar-refractivity contribution in [2.24, 2.45) is 0 Å². The molecule has 4 fully saturated rings. The van der Waals surface area contributed by atoms with E-state index in [1.54, 1.807) is 22.7 Å². The molecule has 4 saturated heterocycles. The third-order valence-corrected chi connectivity index (χ3v) is 13.6. The third kappa shape index (κ3) is 8.93. The molecule has 0 aliphatic carbocycles. The Labute approximate surface area is 268 Å². The highest BCUT2D eigenvalue weighted by atomic mass is 35.5. The quantitative estimate of drug-likeness (QED) is 0.330. The van der Waals surface area contributed by atoms with Gasteiger partial charge in [-0.1, -0.05) is 37.3 Å². The third-order valence-electron chi connectivity index (χ3n) is 8.84. The molecule has 0 radical (unpaired) electrons. The lowest BCUT2D eigenvalue weighted by molar-refractivity contribution is 0.0754. The van der Waals surface area contributed by atoms with E-state index >= 15 is 0 Å². The molecule has 0 unspecified atom stereocenters. The van der Waals surface area contributed by atoms with Crippen molar-refractivity contribution in [2.45, 2.75) is 88.9 Å². The van der Waals surface area contributed by atoms with Gasteiger partial charge in [0, 0.05) is 41.3 Å². The summed E-state index contributed by atoms with van der Waals surface area (Å²) in [4.78, 5) is 32.1. The van der Waals surface area contributed by atoms with Crippen LogP contribution < -0.4 is 0 Å². The zero-order chi connectivity index (χ0) is 28.4. The Morgan fingerprint density at radius 2 is 1.15 bits per heavy atom. The van der Waals surface area contributed by atoms with Gasteiger partial charge in [0.05, 0.1) is 11.1 Å². The Hall–Kier alpha value is -0.670. The summed E-state index contributed by atoms with van der Waals surface area (Å²) in [6.07, 6.45) is 14.6. The van der Waals surface area contributed by atoms with E-state index in [0.29, 0.717) is 16.2 Å². The van der Waals surface area contributed by atoms with Gasteiger partial charge in [0.25, 0.3) is 11.8 Å². The number of rotatable bonds is 4. The van der Waals surface area contributed by atoms with Crippen molar-refractivity contribution >= 4 is 69.6 Å². The number of likely N-dealkylation sites (tertiary alicyclic amines) is 2. The van der Waals surface area contributed by atoms with E-state index in [2.05, 4.69) is 34.2 Å². The molecule has 0 atom stereocenters. The van der Waals surface area contributed by atoms with Crippen LogP contribution in [-0.4, -0.2) is 70.8 Å². The molecule has 41 heavy (non-hydrogen) atoms. The molecule has 0 bridgehead atoms. The van der Waals surface area contributed by atoms with Crippen molar-refractivity contribution in [1.82, 2.24) is 9.80 Å². The number of thiophene rings is 2. The predicted molar refractivity (Wildman–Crippen MR) is 181 cm³/mol. The molecule has 6 rings (SSSR count). The van der Waals surface area contributed by atoms with Gasteiger partial charge in [-0.2, -0.15) is 23.5 Å². The lowest BCUT2D eigenvalue weighted by Gasteiger charge is -2.20. The molecule has 2 amide bonds. The van der Waals surface area contributed by atoms with E-state index in [4.69, 9.17) is 11.6 Å². The molecule has 4 aliphatic rings. The van der Waals surface area contributed by atoms with Crippen LogP contribution in [0.25, 0.3) is 0 Å². The van der Waals surface area contributed by atoms with Crippen LogP contribution in [0.15, 0.2) is 17.5 Å². The van der Waals surface area contributed by atoms with Gasteiger partial charge < -0.3 is 9.80 Å². The molecular formula is C32H45ClN2O2S4. The standard InChI is InChI=1S/C16H22ClNOS2.C16H23NOS2/c17-15-13(16(19)18-7-3-1-2-4-8-18)11-14(21-15)12-5-9-20-10-6-12;18-16(17-7-3-1-2-4-8-17)14-11-15(20-12-14)13-5-9-19-10-6-13/h11-12H,1-10H2;11-13H,1-10H2. The SMILES string of the molecule is O=C(c1cc(C2CCSCC2)sc1Cl)N1CCCCCC1.O=C(c1csc(C2CCSCC2)c1)N1CCCCCC1. The number of thioether (sulfide) groups is 2. The average Bonchev–Trinajstić information content (AvgIpc) is 3.43. The Kier molecular flexibility index (Phi) is 12.7. The van der Waals surface area contributed by atoms with Crippen molar-refractivity contribution in [3.05, 3.63) is 42.7 Å². The topological polar surface area (TPSA) is 40.6 Å². The zero-order valence-electron chi connectivity index (χ0n) is 24.3. The first kappa shape index (κ1) is 31.7. The van der Waals surface area contributed by atoms with Crippen LogP contribution in [0.5, 0.6) is 0 Å². The summed E-state index contributed by atoms with van der Waals surface area (Å²) in [5.74, 6) is 6.74. The number of hydrogen-bond acceptors (Lipinski definition) is 6. The summed E-state index contributed by atoms with van der Waals surface area (Å²) < 4.78 is 0.692. The largest absolute Gasteiger partial charge is 0.339 e. The van der Waals surface area contributed by atoms with Gasteiger partial charge in [0.2, 0.25) is 0 Å². The number of carbonyl (C=O) groups is 2. The maximum atomic E-state index is 12.7. The summed E-state index contributed by atoms with van der Waals surface area (Å²) in [5.41, 5.74) is 1.68. The Bertz CT molecular complexity index is 1110. The summed E-state index contributed by atoms with van der Waals surface area (Å²) in [6, 6.07) is 4.26. The maximum absolute atomic E-state index is 12.7. The number of hydrogen-bond donors (Lipinski definition) is 0. The van der Waals surface area contributed by atoms with E-state index in [-0.39, 0.29) is 11.8 Å². The number of halogens is 1. The van der Waals surface area contributed by atoms with Gasteiger partial charge in [-0.05, 0) is 98.3 Å². The van der Waals surface area contributed by atoms with E-state index in [9.17, 15) is 9.59 Å². The maximum Gasteiger partial charge on any atom is 0.256 e. The Morgan fingerprint density at radius 1 is 0.659 bits per heavy atom. The fourth-order valence-electron chi connectivity index (χ4n) is 6.28. The van der Waals surface area contributed by atoms with Crippen molar-refractivity contribution in [1.29, 1.82) is 0 Å². The van der Waals surface area contributed by atoms with E-state index in [1.807, 2.05) is 16.7 Å². The van der Waals surface area contributed by atoms with Crippen molar-refractivity contribution in [3.8, 4) is 0 Å². The Balaban J connectivity index is 0.000000165. The number of carbonyl (C=O) groups excluding carboxylic acids is 2.